The Labute approximate surface area is 179 Å². The monoisotopic (exact) mass is 450 g/mol. The Hall–Kier alpha value is -2.56. The van der Waals surface area contributed by atoms with Crippen LogP contribution in [0.15, 0.2) is 30.6 Å². The average Bonchev–Trinajstić information content (AvgIpc) is 3.15. The second-order valence-electron chi connectivity index (χ2n) is 7.59. The Kier molecular flexibility index (Phi) is 5.96. The van der Waals surface area contributed by atoms with Crippen LogP contribution in [0.25, 0.3) is 11.0 Å². The summed E-state index contributed by atoms with van der Waals surface area (Å²) in [6.45, 7) is 4.33. The summed E-state index contributed by atoms with van der Waals surface area (Å²) in [7, 11) is -4.03. The van der Waals surface area contributed by atoms with Gasteiger partial charge < -0.3 is 14.6 Å². The number of halogens is 2. The Morgan fingerprint density at radius 3 is 2.71 bits per heavy atom. The minimum Gasteiger partial charge on any atom is -0.378 e. The molecule has 1 aliphatic rings. The maximum Gasteiger partial charge on any atom is 0.216 e. The van der Waals surface area contributed by atoms with Crippen LogP contribution in [-0.2, 0) is 21.2 Å². The fourth-order valence-corrected chi connectivity index (χ4v) is 5.03. The first kappa shape index (κ1) is 21.7. The molecule has 0 radical (unpaired) electrons. The number of ether oxygens (including phenoxy) is 1. The van der Waals surface area contributed by atoms with E-state index in [1.807, 2.05) is 6.07 Å². The predicted molar refractivity (Wildman–Crippen MR) is 114 cm³/mol. The molecule has 1 atom stereocenters. The van der Waals surface area contributed by atoms with Gasteiger partial charge in [-0.25, -0.2) is 27.3 Å². The fourth-order valence-electron chi connectivity index (χ4n) is 4.03. The van der Waals surface area contributed by atoms with Gasteiger partial charge >= 0.3 is 0 Å². The van der Waals surface area contributed by atoms with Gasteiger partial charge in [-0.2, -0.15) is 0 Å². The number of pyridine rings is 1. The largest absolute Gasteiger partial charge is 0.378 e. The first-order valence-corrected chi connectivity index (χ1v) is 11.7. The number of nitrogens with two attached hydrogens (primary N) is 1. The highest BCUT2D eigenvalue weighted by Gasteiger charge is 2.27. The van der Waals surface area contributed by atoms with Gasteiger partial charge in [-0.05, 0) is 24.1 Å². The Morgan fingerprint density at radius 1 is 1.29 bits per heavy atom. The predicted octanol–water partition coefficient (Wildman–Crippen LogP) is 3.01. The number of anilines is 1. The summed E-state index contributed by atoms with van der Waals surface area (Å²) in [5.41, 5.74) is 1.87. The van der Waals surface area contributed by atoms with Gasteiger partial charge in [0.2, 0.25) is 10.0 Å². The van der Waals surface area contributed by atoms with E-state index in [1.165, 1.54) is 0 Å². The number of benzene rings is 1. The second-order valence-corrected chi connectivity index (χ2v) is 9.34. The van der Waals surface area contributed by atoms with Crippen LogP contribution in [0.2, 0.25) is 0 Å². The van der Waals surface area contributed by atoms with E-state index in [-0.39, 0.29) is 24.0 Å². The third-order valence-corrected chi connectivity index (χ3v) is 7.06. The van der Waals surface area contributed by atoms with Crippen LogP contribution < -0.4 is 10.0 Å². The number of primary sulfonamides is 1. The first-order chi connectivity index (χ1) is 14.8. The van der Waals surface area contributed by atoms with E-state index in [2.05, 4.69) is 14.9 Å². The van der Waals surface area contributed by atoms with E-state index in [9.17, 15) is 12.8 Å². The van der Waals surface area contributed by atoms with E-state index in [0.717, 1.165) is 36.3 Å². The van der Waals surface area contributed by atoms with Crippen molar-refractivity contribution in [1.82, 2.24) is 9.97 Å². The van der Waals surface area contributed by atoms with Crippen molar-refractivity contribution in [2.24, 2.45) is 5.14 Å². The van der Waals surface area contributed by atoms with E-state index in [4.69, 9.17) is 9.88 Å². The number of fused-ring (bicyclic) bond motifs is 1. The molecular formula is C21H24F2N4O3S. The van der Waals surface area contributed by atoms with Crippen LogP contribution >= 0.6 is 0 Å². The summed E-state index contributed by atoms with van der Waals surface area (Å²) >= 11 is 0. The van der Waals surface area contributed by atoms with E-state index in [1.54, 1.807) is 19.3 Å². The van der Waals surface area contributed by atoms with Crippen LogP contribution in [0.1, 0.15) is 35.3 Å². The minimum atomic E-state index is -4.03. The molecule has 0 amide bonds. The number of rotatable bonds is 6. The zero-order valence-electron chi connectivity index (χ0n) is 17.1. The number of nitrogens with zero attached hydrogens (tertiary/aromatic N) is 2. The number of hydrogen-bond donors (Lipinski definition) is 2. The summed E-state index contributed by atoms with van der Waals surface area (Å²) < 4.78 is 59.0. The molecule has 3 N–H and O–H groups in total. The fraction of sp³-hybridized carbons (Fsp3) is 0.381. The van der Waals surface area contributed by atoms with Gasteiger partial charge in [-0.15, -0.1) is 0 Å². The molecular weight excluding hydrogens is 426 g/mol. The van der Waals surface area contributed by atoms with E-state index in [0.29, 0.717) is 24.4 Å². The number of aromatic amines is 1. The Morgan fingerprint density at radius 2 is 2.03 bits per heavy atom. The highest BCUT2D eigenvalue weighted by atomic mass is 32.2. The quantitative estimate of drug-likeness (QED) is 0.601. The summed E-state index contributed by atoms with van der Waals surface area (Å²) in [4.78, 5) is 9.61. The normalized spacial score (nSPS) is 16.1. The molecule has 1 fully saturated rings. The number of H-pyrrole nitrogens is 1. The lowest BCUT2D eigenvalue weighted by molar-refractivity contribution is 0.122. The molecule has 0 spiro atoms. The molecule has 3 heterocycles. The molecule has 4 rings (SSSR count). The van der Waals surface area contributed by atoms with Crippen molar-refractivity contribution < 1.29 is 21.9 Å². The standard InChI is InChI=1S/C21H24F2N4O3S/c1-2-19(31(24,28)29)15-3-4-18(22)17(20(15)23)9-13-11-25-21-16(13)10-14(12-26-21)27-5-7-30-8-6-27/h3-4,10-12,19H,2,5-9H2,1H3,(H,25,26)(H2,24,28,29). The highest BCUT2D eigenvalue weighted by Crippen LogP contribution is 2.32. The van der Waals surface area contributed by atoms with Gasteiger partial charge in [0.25, 0.3) is 0 Å². The van der Waals surface area contributed by atoms with E-state index >= 15 is 4.39 Å². The first-order valence-electron chi connectivity index (χ1n) is 10.1. The second kappa shape index (κ2) is 8.52. The van der Waals surface area contributed by atoms with Gasteiger partial charge in [0, 0.05) is 42.2 Å². The minimum absolute atomic E-state index is 0.0548. The van der Waals surface area contributed by atoms with Crippen molar-refractivity contribution in [2.45, 2.75) is 25.0 Å². The van der Waals surface area contributed by atoms with Crippen molar-refractivity contribution >= 4 is 26.7 Å². The molecule has 166 valence electrons. The lowest BCUT2D eigenvalue weighted by Crippen LogP contribution is -2.36. The molecule has 31 heavy (non-hydrogen) atoms. The Balaban J connectivity index is 1.73. The number of nitrogens with one attached hydrogen (secondary N) is 1. The Bertz CT molecular complexity index is 1210. The maximum absolute atomic E-state index is 15.3. The number of hydrogen-bond acceptors (Lipinski definition) is 5. The lowest BCUT2D eigenvalue weighted by Gasteiger charge is -2.28. The summed E-state index contributed by atoms with van der Waals surface area (Å²) in [6.07, 6.45) is 3.46. The summed E-state index contributed by atoms with van der Waals surface area (Å²) in [5.74, 6) is -1.62. The third-order valence-electron chi connectivity index (χ3n) is 5.68. The average molecular weight is 451 g/mol. The van der Waals surface area contributed by atoms with E-state index < -0.39 is 26.9 Å². The molecule has 0 saturated carbocycles. The summed E-state index contributed by atoms with van der Waals surface area (Å²) in [5, 5.41) is 4.79. The van der Waals surface area contributed by atoms with Crippen LogP contribution in [0.4, 0.5) is 14.5 Å². The van der Waals surface area contributed by atoms with Crippen molar-refractivity contribution in [2.75, 3.05) is 31.2 Å². The molecule has 1 unspecified atom stereocenters. The van der Waals surface area contributed by atoms with Gasteiger partial charge in [-0.1, -0.05) is 13.0 Å². The molecule has 10 heteroatoms. The number of aromatic nitrogens is 2. The van der Waals surface area contributed by atoms with Gasteiger partial charge in [0.15, 0.2) is 0 Å². The molecule has 1 aromatic carbocycles. The zero-order valence-corrected chi connectivity index (χ0v) is 17.9. The van der Waals surface area contributed by atoms with Crippen molar-refractivity contribution in [3.63, 3.8) is 0 Å². The van der Waals surface area contributed by atoms with Crippen LogP contribution in [0.3, 0.4) is 0 Å². The van der Waals surface area contributed by atoms with Gasteiger partial charge in [0.05, 0.1) is 25.1 Å². The maximum atomic E-state index is 15.3. The van der Waals surface area contributed by atoms with Crippen molar-refractivity contribution in [3.05, 3.63) is 58.9 Å². The van der Waals surface area contributed by atoms with Gasteiger partial charge in [0.1, 0.15) is 22.5 Å². The molecule has 7 nitrogen and oxygen atoms in total. The van der Waals surface area contributed by atoms with Crippen molar-refractivity contribution in [3.8, 4) is 0 Å². The molecule has 3 aromatic rings. The molecule has 1 aliphatic heterocycles. The topological polar surface area (TPSA) is 101 Å². The van der Waals surface area contributed by atoms with Crippen LogP contribution in [0.5, 0.6) is 0 Å². The van der Waals surface area contributed by atoms with Gasteiger partial charge in [-0.3, -0.25) is 0 Å². The molecule has 2 aromatic heterocycles. The summed E-state index contributed by atoms with van der Waals surface area (Å²) in [6, 6.07) is 4.19. The molecule has 0 aliphatic carbocycles. The lowest BCUT2D eigenvalue weighted by atomic mass is 9.99. The zero-order chi connectivity index (χ0) is 22.2. The third kappa shape index (κ3) is 4.28. The van der Waals surface area contributed by atoms with Crippen LogP contribution in [0, 0.1) is 11.6 Å². The number of morpholine rings is 1. The smallest absolute Gasteiger partial charge is 0.216 e. The molecule has 1 saturated heterocycles. The van der Waals surface area contributed by atoms with Crippen molar-refractivity contribution in [1.29, 1.82) is 0 Å². The SMILES string of the molecule is CCC(c1ccc(F)c(Cc2c[nH]c3ncc(N4CCOCC4)cc23)c1F)S(N)(=O)=O. The number of sulfonamides is 1. The molecule has 0 bridgehead atoms. The van der Waals surface area contributed by atoms with Crippen LogP contribution in [-0.4, -0.2) is 44.7 Å². The highest BCUT2D eigenvalue weighted by molar-refractivity contribution is 7.89.